The molecule has 0 radical (unpaired) electrons. The molecule has 0 aliphatic heterocycles. The van der Waals surface area contributed by atoms with Gasteiger partial charge >= 0.3 is 0 Å². The highest BCUT2D eigenvalue weighted by molar-refractivity contribution is 8.01. The fourth-order valence-corrected chi connectivity index (χ4v) is 3.00. The van der Waals surface area contributed by atoms with E-state index in [1.54, 1.807) is 23.1 Å². The molecule has 80 valence electrons. The van der Waals surface area contributed by atoms with Gasteiger partial charge in [0.1, 0.15) is 0 Å². The minimum Gasteiger partial charge on any atom is -0.230 e. The summed E-state index contributed by atoms with van der Waals surface area (Å²) >= 11 is 3.28. The Hall–Kier alpha value is -1.31. The molecule has 0 aliphatic carbocycles. The Morgan fingerprint density at radius 1 is 1.31 bits per heavy atom. The van der Waals surface area contributed by atoms with Crippen LogP contribution in [0.1, 0.15) is 6.42 Å². The maximum atomic E-state index is 8.45. The third-order valence-electron chi connectivity index (χ3n) is 1.99. The van der Waals surface area contributed by atoms with Crippen molar-refractivity contribution in [1.82, 2.24) is 4.98 Å². The van der Waals surface area contributed by atoms with Crippen molar-refractivity contribution in [2.24, 2.45) is 0 Å². The van der Waals surface area contributed by atoms with Crippen molar-refractivity contribution in [2.75, 3.05) is 5.75 Å². The minimum atomic E-state index is 0.574. The molecule has 1 aromatic heterocycles. The normalized spacial score (nSPS) is 9.94. The van der Waals surface area contributed by atoms with Crippen LogP contribution in [0.25, 0.3) is 11.3 Å². The molecule has 0 aliphatic rings. The van der Waals surface area contributed by atoms with Gasteiger partial charge in [0, 0.05) is 23.1 Å². The first-order chi connectivity index (χ1) is 7.90. The van der Waals surface area contributed by atoms with E-state index in [0.717, 1.165) is 21.3 Å². The first-order valence-electron chi connectivity index (χ1n) is 4.91. The molecule has 0 bridgehead atoms. The number of hydrogen-bond acceptors (Lipinski definition) is 4. The van der Waals surface area contributed by atoms with Crippen LogP contribution in [0.5, 0.6) is 0 Å². The van der Waals surface area contributed by atoms with E-state index in [1.165, 1.54) is 0 Å². The molecule has 1 heterocycles. The average molecular weight is 246 g/mol. The zero-order chi connectivity index (χ0) is 11.2. The van der Waals surface area contributed by atoms with Crippen LogP contribution in [0.2, 0.25) is 0 Å². The molecule has 0 amide bonds. The van der Waals surface area contributed by atoms with E-state index in [0.29, 0.717) is 6.42 Å². The SMILES string of the molecule is N#CCCSc1nc(-c2ccccc2)cs1. The highest BCUT2D eigenvalue weighted by atomic mass is 32.2. The second-order valence-electron chi connectivity index (χ2n) is 3.12. The molecule has 4 heteroatoms. The fraction of sp³-hybridized carbons (Fsp3) is 0.167. The average Bonchev–Trinajstić information content (AvgIpc) is 2.79. The molecule has 0 unspecified atom stereocenters. The van der Waals surface area contributed by atoms with Crippen LogP contribution in [-0.4, -0.2) is 10.7 Å². The van der Waals surface area contributed by atoms with Crippen molar-refractivity contribution in [2.45, 2.75) is 10.8 Å². The maximum absolute atomic E-state index is 8.45. The molecule has 0 saturated carbocycles. The van der Waals surface area contributed by atoms with E-state index in [1.807, 2.05) is 18.2 Å². The number of hydrogen-bond donors (Lipinski definition) is 0. The Morgan fingerprint density at radius 3 is 2.88 bits per heavy atom. The van der Waals surface area contributed by atoms with Crippen molar-refractivity contribution in [3.8, 4) is 17.3 Å². The Balaban J connectivity index is 2.06. The number of thioether (sulfide) groups is 1. The molecule has 2 nitrogen and oxygen atoms in total. The monoisotopic (exact) mass is 246 g/mol. The molecule has 1 aromatic carbocycles. The van der Waals surface area contributed by atoms with E-state index >= 15 is 0 Å². The summed E-state index contributed by atoms with van der Waals surface area (Å²) in [7, 11) is 0. The lowest BCUT2D eigenvalue weighted by molar-refractivity contribution is 1.21. The van der Waals surface area contributed by atoms with Crippen LogP contribution in [0.4, 0.5) is 0 Å². The van der Waals surface area contributed by atoms with Gasteiger partial charge in [0.15, 0.2) is 4.34 Å². The summed E-state index contributed by atoms with van der Waals surface area (Å²) in [5, 5.41) is 10.5. The van der Waals surface area contributed by atoms with Crippen molar-refractivity contribution in [1.29, 1.82) is 5.26 Å². The van der Waals surface area contributed by atoms with Crippen LogP contribution >= 0.6 is 23.1 Å². The quantitative estimate of drug-likeness (QED) is 0.608. The second-order valence-corrected chi connectivity index (χ2v) is 5.32. The molecule has 16 heavy (non-hydrogen) atoms. The van der Waals surface area contributed by atoms with Crippen LogP contribution in [0.3, 0.4) is 0 Å². The van der Waals surface area contributed by atoms with Gasteiger partial charge < -0.3 is 0 Å². The van der Waals surface area contributed by atoms with E-state index in [2.05, 4.69) is 28.6 Å². The van der Waals surface area contributed by atoms with Crippen molar-refractivity contribution in [3.63, 3.8) is 0 Å². The largest absolute Gasteiger partial charge is 0.230 e. The zero-order valence-corrected chi connectivity index (χ0v) is 10.2. The van der Waals surface area contributed by atoms with E-state index < -0.39 is 0 Å². The summed E-state index contributed by atoms with van der Waals surface area (Å²) in [4.78, 5) is 4.52. The third-order valence-corrected chi connectivity index (χ3v) is 4.01. The lowest BCUT2D eigenvalue weighted by atomic mass is 10.2. The van der Waals surface area contributed by atoms with Gasteiger partial charge in [0.25, 0.3) is 0 Å². The molecule has 2 aromatic rings. The Bertz CT molecular complexity index is 485. The first kappa shape index (κ1) is 11.2. The number of nitrogens with zero attached hydrogens (tertiary/aromatic N) is 2. The van der Waals surface area contributed by atoms with Gasteiger partial charge in [-0.1, -0.05) is 42.1 Å². The lowest BCUT2D eigenvalue weighted by Crippen LogP contribution is -1.78. The zero-order valence-electron chi connectivity index (χ0n) is 8.59. The molecular weight excluding hydrogens is 236 g/mol. The molecule has 0 atom stereocenters. The molecule has 0 fully saturated rings. The second kappa shape index (κ2) is 5.69. The summed E-state index contributed by atoms with van der Waals surface area (Å²) < 4.78 is 1.04. The molecular formula is C12H10N2S2. The molecule has 2 rings (SSSR count). The summed E-state index contributed by atoms with van der Waals surface area (Å²) in [5.74, 6) is 0.818. The number of benzene rings is 1. The van der Waals surface area contributed by atoms with Crippen molar-refractivity contribution >= 4 is 23.1 Å². The van der Waals surface area contributed by atoms with Gasteiger partial charge in [-0.05, 0) is 0 Å². The van der Waals surface area contributed by atoms with Crippen LogP contribution < -0.4 is 0 Å². The van der Waals surface area contributed by atoms with Crippen LogP contribution in [0.15, 0.2) is 40.1 Å². The summed E-state index contributed by atoms with van der Waals surface area (Å²) in [6, 6.07) is 12.3. The van der Waals surface area contributed by atoms with Gasteiger partial charge in [-0.25, -0.2) is 4.98 Å². The number of thiazole rings is 1. The minimum absolute atomic E-state index is 0.574. The smallest absolute Gasteiger partial charge is 0.150 e. The highest BCUT2D eigenvalue weighted by Gasteiger charge is 2.03. The van der Waals surface area contributed by atoms with Gasteiger partial charge in [-0.15, -0.1) is 11.3 Å². The lowest BCUT2D eigenvalue weighted by Gasteiger charge is -1.94. The van der Waals surface area contributed by atoms with Crippen LogP contribution in [-0.2, 0) is 0 Å². The van der Waals surface area contributed by atoms with Gasteiger partial charge in [-0.3, -0.25) is 0 Å². The summed E-state index contributed by atoms with van der Waals surface area (Å²) in [5.41, 5.74) is 2.16. The maximum Gasteiger partial charge on any atom is 0.150 e. The van der Waals surface area contributed by atoms with Crippen molar-refractivity contribution < 1.29 is 0 Å². The van der Waals surface area contributed by atoms with Crippen molar-refractivity contribution in [3.05, 3.63) is 35.7 Å². The standard InChI is InChI=1S/C12H10N2S2/c13-7-4-8-15-12-14-11(9-16-12)10-5-2-1-3-6-10/h1-3,5-6,9H,4,8H2. The summed E-state index contributed by atoms with van der Waals surface area (Å²) in [6.07, 6.45) is 0.574. The number of nitriles is 1. The Kier molecular flexibility index (Phi) is 3.97. The highest BCUT2D eigenvalue weighted by Crippen LogP contribution is 2.28. The molecule has 0 spiro atoms. The van der Waals surface area contributed by atoms with Gasteiger partial charge in [0.05, 0.1) is 11.8 Å². The van der Waals surface area contributed by atoms with E-state index in [-0.39, 0.29) is 0 Å². The summed E-state index contributed by atoms with van der Waals surface area (Å²) in [6.45, 7) is 0. The predicted octanol–water partition coefficient (Wildman–Crippen LogP) is 3.82. The third kappa shape index (κ3) is 2.84. The van der Waals surface area contributed by atoms with E-state index in [4.69, 9.17) is 5.26 Å². The van der Waals surface area contributed by atoms with Gasteiger partial charge in [-0.2, -0.15) is 5.26 Å². The first-order valence-corrected chi connectivity index (χ1v) is 6.77. The van der Waals surface area contributed by atoms with E-state index in [9.17, 15) is 0 Å². The van der Waals surface area contributed by atoms with Crippen LogP contribution in [0, 0.1) is 11.3 Å². The number of rotatable bonds is 4. The number of aromatic nitrogens is 1. The Morgan fingerprint density at radius 2 is 2.12 bits per heavy atom. The Labute approximate surface area is 103 Å². The predicted molar refractivity (Wildman–Crippen MR) is 68.5 cm³/mol. The van der Waals surface area contributed by atoms with Gasteiger partial charge in [0.2, 0.25) is 0 Å². The molecule has 0 N–H and O–H groups in total. The topological polar surface area (TPSA) is 36.7 Å². The fourth-order valence-electron chi connectivity index (χ4n) is 1.25. The molecule has 0 saturated heterocycles.